The molecule has 0 bridgehead atoms. The molecule has 3 rings (SSSR count). The highest BCUT2D eigenvalue weighted by Gasteiger charge is 2.39. The summed E-state index contributed by atoms with van der Waals surface area (Å²) in [5.74, 6) is -1.70. The molecule has 0 spiro atoms. The molecule has 4 nitrogen and oxygen atoms in total. The van der Waals surface area contributed by atoms with Crippen LogP contribution in [0, 0.1) is 6.92 Å². The summed E-state index contributed by atoms with van der Waals surface area (Å²) in [6, 6.07) is 13.3. The molecule has 4 heteroatoms. The molecule has 20 heavy (non-hydrogen) atoms. The van der Waals surface area contributed by atoms with Crippen molar-refractivity contribution in [2.45, 2.75) is 6.92 Å². The summed E-state index contributed by atoms with van der Waals surface area (Å²) in [5.41, 5.74) is 1.78. The van der Waals surface area contributed by atoms with Crippen LogP contribution in [0.3, 0.4) is 0 Å². The molecule has 0 unspecified atom stereocenters. The van der Waals surface area contributed by atoms with Gasteiger partial charge in [-0.15, -0.1) is 0 Å². The lowest BCUT2D eigenvalue weighted by atomic mass is 10.1. The van der Waals surface area contributed by atoms with E-state index in [1.165, 1.54) is 0 Å². The first-order chi connectivity index (χ1) is 9.59. The van der Waals surface area contributed by atoms with Crippen LogP contribution in [0.2, 0.25) is 0 Å². The van der Waals surface area contributed by atoms with E-state index in [1.54, 1.807) is 42.5 Å². The van der Waals surface area contributed by atoms with Gasteiger partial charge in [-0.05, 0) is 31.2 Å². The van der Waals surface area contributed by atoms with Gasteiger partial charge in [-0.1, -0.05) is 29.8 Å². The maximum atomic E-state index is 12.4. The number of carbonyl (C=O) groups excluding carboxylic acids is 3. The summed E-state index contributed by atoms with van der Waals surface area (Å²) >= 11 is 0. The van der Waals surface area contributed by atoms with Gasteiger partial charge in [-0.25, -0.2) is 4.90 Å². The quantitative estimate of drug-likeness (QED) is 0.744. The number of carbonyl (C=O) groups is 3. The number of hydrogen-bond donors (Lipinski definition) is 0. The fourth-order valence-corrected chi connectivity index (χ4v) is 2.28. The molecule has 0 N–H and O–H groups in total. The fourth-order valence-electron chi connectivity index (χ4n) is 2.28. The van der Waals surface area contributed by atoms with Gasteiger partial charge < -0.3 is 0 Å². The second-order valence-corrected chi connectivity index (χ2v) is 4.67. The predicted molar refractivity (Wildman–Crippen MR) is 72.5 cm³/mol. The lowest BCUT2D eigenvalue weighted by Crippen LogP contribution is -2.36. The van der Waals surface area contributed by atoms with Crippen LogP contribution in [0.4, 0.5) is 0 Å². The summed E-state index contributed by atoms with van der Waals surface area (Å²) < 4.78 is 0. The van der Waals surface area contributed by atoms with Crippen molar-refractivity contribution in [3.05, 3.63) is 70.8 Å². The van der Waals surface area contributed by atoms with E-state index in [9.17, 15) is 14.4 Å². The monoisotopic (exact) mass is 265 g/mol. The molecule has 2 aromatic carbocycles. The van der Waals surface area contributed by atoms with Gasteiger partial charge in [0, 0.05) is 5.56 Å². The molecule has 0 aromatic heterocycles. The van der Waals surface area contributed by atoms with E-state index in [0.717, 1.165) is 5.56 Å². The van der Waals surface area contributed by atoms with E-state index in [1.807, 2.05) is 13.0 Å². The Morgan fingerprint density at radius 2 is 1.50 bits per heavy atom. The van der Waals surface area contributed by atoms with Crippen molar-refractivity contribution in [3.63, 3.8) is 0 Å². The van der Waals surface area contributed by atoms with Crippen molar-refractivity contribution in [1.29, 1.82) is 0 Å². The molecule has 0 radical (unpaired) electrons. The van der Waals surface area contributed by atoms with Gasteiger partial charge in [0.25, 0.3) is 17.7 Å². The van der Waals surface area contributed by atoms with Gasteiger partial charge in [-0.2, -0.15) is 0 Å². The molecule has 0 aliphatic carbocycles. The van der Waals surface area contributed by atoms with Crippen molar-refractivity contribution in [2.24, 2.45) is 0 Å². The first kappa shape index (κ1) is 12.3. The number of aryl methyl sites for hydroxylation is 1. The number of amides is 3. The SMILES string of the molecule is Cc1cccc(C(=O)N2C(=O)c3ccccc3C2=O)c1. The topological polar surface area (TPSA) is 54.5 Å². The first-order valence-corrected chi connectivity index (χ1v) is 6.18. The summed E-state index contributed by atoms with van der Waals surface area (Å²) in [6.07, 6.45) is 0. The minimum absolute atomic E-state index is 0.276. The van der Waals surface area contributed by atoms with E-state index in [0.29, 0.717) is 10.5 Å². The van der Waals surface area contributed by atoms with E-state index >= 15 is 0 Å². The molecular formula is C16H11NO3. The van der Waals surface area contributed by atoms with Crippen LogP contribution >= 0.6 is 0 Å². The minimum Gasteiger partial charge on any atom is -0.268 e. The van der Waals surface area contributed by atoms with Gasteiger partial charge in [0.2, 0.25) is 0 Å². The standard InChI is InChI=1S/C16H11NO3/c1-10-5-4-6-11(9-10)14(18)17-15(19)12-7-2-3-8-13(12)16(17)20/h2-9H,1H3. The summed E-state index contributed by atoms with van der Waals surface area (Å²) in [4.78, 5) is 37.5. The maximum Gasteiger partial charge on any atom is 0.268 e. The van der Waals surface area contributed by atoms with Crippen LogP contribution in [0.5, 0.6) is 0 Å². The minimum atomic E-state index is -0.583. The normalized spacial score (nSPS) is 13.6. The van der Waals surface area contributed by atoms with Crippen molar-refractivity contribution in [3.8, 4) is 0 Å². The highest BCUT2D eigenvalue weighted by atomic mass is 16.2. The Morgan fingerprint density at radius 1 is 0.900 bits per heavy atom. The Balaban J connectivity index is 2.03. The molecule has 0 atom stereocenters. The van der Waals surface area contributed by atoms with Gasteiger partial charge in [0.05, 0.1) is 11.1 Å². The van der Waals surface area contributed by atoms with Crippen molar-refractivity contribution >= 4 is 17.7 Å². The Morgan fingerprint density at radius 3 is 2.05 bits per heavy atom. The zero-order valence-electron chi connectivity index (χ0n) is 10.8. The number of nitrogens with zero attached hydrogens (tertiary/aromatic N) is 1. The molecule has 1 heterocycles. The van der Waals surface area contributed by atoms with E-state index in [2.05, 4.69) is 0 Å². The van der Waals surface area contributed by atoms with Crippen molar-refractivity contribution in [2.75, 3.05) is 0 Å². The second-order valence-electron chi connectivity index (χ2n) is 4.67. The van der Waals surface area contributed by atoms with Crippen LogP contribution in [-0.4, -0.2) is 22.6 Å². The third kappa shape index (κ3) is 1.73. The Hall–Kier alpha value is -2.75. The van der Waals surface area contributed by atoms with Crippen molar-refractivity contribution < 1.29 is 14.4 Å². The van der Waals surface area contributed by atoms with Gasteiger partial charge in [0.15, 0.2) is 0 Å². The number of imide groups is 3. The maximum absolute atomic E-state index is 12.4. The van der Waals surface area contributed by atoms with Crippen LogP contribution in [0.1, 0.15) is 36.6 Å². The summed E-state index contributed by atoms with van der Waals surface area (Å²) in [5, 5.41) is 0. The smallest absolute Gasteiger partial charge is 0.268 e. The van der Waals surface area contributed by atoms with Crippen LogP contribution in [0.15, 0.2) is 48.5 Å². The first-order valence-electron chi connectivity index (χ1n) is 6.18. The summed E-state index contributed by atoms with van der Waals surface area (Å²) in [6.45, 7) is 1.85. The molecule has 2 aromatic rings. The number of rotatable bonds is 1. The molecule has 0 saturated heterocycles. The number of fused-ring (bicyclic) bond motifs is 1. The highest BCUT2D eigenvalue weighted by Crippen LogP contribution is 2.24. The molecule has 1 aliphatic heterocycles. The van der Waals surface area contributed by atoms with E-state index in [4.69, 9.17) is 0 Å². The van der Waals surface area contributed by atoms with Crippen LogP contribution < -0.4 is 0 Å². The lowest BCUT2D eigenvalue weighted by molar-refractivity contribution is 0.0566. The molecule has 98 valence electrons. The molecular weight excluding hydrogens is 254 g/mol. The predicted octanol–water partition coefficient (Wildman–Crippen LogP) is 2.43. The Bertz CT molecular complexity index is 714. The third-order valence-corrected chi connectivity index (χ3v) is 3.26. The Kier molecular flexibility index (Phi) is 2.71. The molecule has 0 saturated carbocycles. The largest absolute Gasteiger partial charge is 0.268 e. The van der Waals surface area contributed by atoms with Gasteiger partial charge in [0.1, 0.15) is 0 Å². The third-order valence-electron chi connectivity index (χ3n) is 3.26. The molecule has 3 amide bonds. The zero-order chi connectivity index (χ0) is 14.3. The summed E-state index contributed by atoms with van der Waals surface area (Å²) in [7, 11) is 0. The van der Waals surface area contributed by atoms with E-state index < -0.39 is 17.7 Å². The molecule has 0 fully saturated rings. The number of hydrogen-bond acceptors (Lipinski definition) is 3. The average Bonchev–Trinajstić information content (AvgIpc) is 2.71. The van der Waals surface area contributed by atoms with Crippen molar-refractivity contribution in [1.82, 2.24) is 4.90 Å². The van der Waals surface area contributed by atoms with Crippen LogP contribution in [0.25, 0.3) is 0 Å². The Labute approximate surface area is 115 Å². The highest BCUT2D eigenvalue weighted by molar-refractivity contribution is 6.31. The van der Waals surface area contributed by atoms with E-state index in [-0.39, 0.29) is 11.1 Å². The second kappa shape index (κ2) is 4.42. The van der Waals surface area contributed by atoms with Gasteiger partial charge in [-0.3, -0.25) is 14.4 Å². The number of benzene rings is 2. The zero-order valence-corrected chi connectivity index (χ0v) is 10.8. The average molecular weight is 265 g/mol. The van der Waals surface area contributed by atoms with Crippen LogP contribution in [-0.2, 0) is 0 Å². The lowest BCUT2D eigenvalue weighted by Gasteiger charge is -2.12. The molecule has 1 aliphatic rings. The van der Waals surface area contributed by atoms with Gasteiger partial charge >= 0.3 is 0 Å². The fraction of sp³-hybridized carbons (Fsp3) is 0.0625.